The van der Waals surface area contributed by atoms with E-state index in [0.717, 1.165) is 31.4 Å². The van der Waals surface area contributed by atoms with Gasteiger partial charge < -0.3 is 16.2 Å². The van der Waals surface area contributed by atoms with Crippen molar-refractivity contribution in [1.29, 1.82) is 0 Å². The molecule has 0 spiro atoms. The van der Waals surface area contributed by atoms with Crippen LogP contribution in [0.2, 0.25) is 0 Å². The van der Waals surface area contributed by atoms with Crippen molar-refractivity contribution in [2.45, 2.75) is 25.7 Å². The summed E-state index contributed by atoms with van der Waals surface area (Å²) >= 11 is 0. The van der Waals surface area contributed by atoms with E-state index in [-0.39, 0.29) is 0 Å². The summed E-state index contributed by atoms with van der Waals surface area (Å²) in [6.45, 7) is 1.39. The summed E-state index contributed by atoms with van der Waals surface area (Å²) < 4.78 is 5.77. The number of hydrogen-bond donors (Lipinski definition) is 2. The van der Waals surface area contributed by atoms with Crippen molar-refractivity contribution in [2.75, 3.05) is 18.9 Å². The molecule has 0 saturated heterocycles. The van der Waals surface area contributed by atoms with Crippen LogP contribution in [0.3, 0.4) is 0 Å². The Hall–Kier alpha value is -2.00. The molecule has 2 rings (SSSR count). The normalized spacial score (nSPS) is 10.5. The number of rotatable bonds is 8. The first-order valence-electron chi connectivity index (χ1n) is 7.55. The molecule has 0 aromatic heterocycles. The summed E-state index contributed by atoms with van der Waals surface area (Å²) in [6.07, 6.45) is 3.96. The van der Waals surface area contributed by atoms with Crippen molar-refractivity contribution in [3.63, 3.8) is 0 Å². The van der Waals surface area contributed by atoms with Gasteiger partial charge in [0, 0.05) is 0 Å². The highest BCUT2D eigenvalue weighted by Gasteiger charge is 2.02. The third-order valence-corrected chi connectivity index (χ3v) is 3.45. The van der Waals surface area contributed by atoms with E-state index >= 15 is 0 Å². The molecule has 21 heavy (non-hydrogen) atoms. The van der Waals surface area contributed by atoms with Crippen LogP contribution in [-0.4, -0.2) is 13.2 Å². The van der Waals surface area contributed by atoms with Gasteiger partial charge in [-0.05, 0) is 55.5 Å². The Kier molecular flexibility index (Phi) is 6.10. The molecule has 0 heterocycles. The first kappa shape index (κ1) is 15.4. The molecule has 2 aromatic carbocycles. The molecule has 0 atom stereocenters. The van der Waals surface area contributed by atoms with E-state index in [1.54, 1.807) is 0 Å². The Bertz CT molecular complexity index is 540. The summed E-state index contributed by atoms with van der Waals surface area (Å²) in [7, 11) is 0. The Labute approximate surface area is 126 Å². The zero-order chi connectivity index (χ0) is 14.9. The summed E-state index contributed by atoms with van der Waals surface area (Å²) in [5.41, 5.74) is 14.8. The van der Waals surface area contributed by atoms with E-state index in [0.29, 0.717) is 18.8 Å². The van der Waals surface area contributed by atoms with Crippen LogP contribution < -0.4 is 16.2 Å². The lowest BCUT2D eigenvalue weighted by molar-refractivity contribution is 0.312. The van der Waals surface area contributed by atoms with Crippen molar-refractivity contribution in [3.8, 4) is 5.75 Å². The average Bonchev–Trinajstić information content (AvgIpc) is 2.52. The standard InChI is InChI=1S/C18H24N2O/c19-12-4-8-16-10-11-18(17(20)14-16)21-13-5-9-15-6-2-1-3-7-15/h1-3,6-7,10-11,14H,4-5,8-9,12-13,19-20H2. The molecule has 0 radical (unpaired) electrons. The molecule has 3 nitrogen and oxygen atoms in total. The van der Waals surface area contributed by atoms with Gasteiger partial charge in [-0.25, -0.2) is 0 Å². The van der Waals surface area contributed by atoms with E-state index in [1.807, 2.05) is 18.2 Å². The van der Waals surface area contributed by atoms with Gasteiger partial charge in [0.2, 0.25) is 0 Å². The third kappa shape index (κ3) is 5.12. The number of benzene rings is 2. The van der Waals surface area contributed by atoms with Crippen molar-refractivity contribution in [2.24, 2.45) is 5.73 Å². The average molecular weight is 284 g/mol. The van der Waals surface area contributed by atoms with Crippen molar-refractivity contribution in [1.82, 2.24) is 0 Å². The molecule has 0 saturated carbocycles. The number of hydrogen-bond acceptors (Lipinski definition) is 3. The molecule has 0 aliphatic heterocycles. The Morgan fingerprint density at radius 2 is 1.62 bits per heavy atom. The Morgan fingerprint density at radius 1 is 0.857 bits per heavy atom. The highest BCUT2D eigenvalue weighted by atomic mass is 16.5. The largest absolute Gasteiger partial charge is 0.491 e. The van der Waals surface area contributed by atoms with E-state index < -0.39 is 0 Å². The second-order valence-electron chi connectivity index (χ2n) is 5.20. The van der Waals surface area contributed by atoms with Gasteiger partial charge in [-0.15, -0.1) is 0 Å². The molecule has 0 unspecified atom stereocenters. The lowest BCUT2D eigenvalue weighted by atomic mass is 10.1. The minimum absolute atomic E-state index is 0.682. The maximum atomic E-state index is 6.03. The van der Waals surface area contributed by atoms with E-state index in [2.05, 4.69) is 30.3 Å². The maximum absolute atomic E-state index is 6.03. The van der Waals surface area contributed by atoms with E-state index in [9.17, 15) is 0 Å². The molecule has 0 bridgehead atoms. The van der Waals surface area contributed by atoms with Crippen LogP contribution >= 0.6 is 0 Å². The molecule has 4 N–H and O–H groups in total. The summed E-state index contributed by atoms with van der Waals surface area (Å²) in [6, 6.07) is 16.5. The second-order valence-corrected chi connectivity index (χ2v) is 5.20. The molecule has 3 heteroatoms. The second kappa shape index (κ2) is 8.32. The van der Waals surface area contributed by atoms with Gasteiger partial charge in [0.15, 0.2) is 0 Å². The van der Waals surface area contributed by atoms with Gasteiger partial charge in [0.1, 0.15) is 5.75 Å². The first-order chi connectivity index (χ1) is 10.3. The minimum atomic E-state index is 0.682. The minimum Gasteiger partial charge on any atom is -0.491 e. The van der Waals surface area contributed by atoms with Crippen molar-refractivity contribution < 1.29 is 4.74 Å². The fraction of sp³-hybridized carbons (Fsp3) is 0.333. The van der Waals surface area contributed by atoms with Crippen LogP contribution in [0.1, 0.15) is 24.0 Å². The smallest absolute Gasteiger partial charge is 0.142 e. The predicted octanol–water partition coefficient (Wildman–Crippen LogP) is 3.17. The lowest BCUT2D eigenvalue weighted by Crippen LogP contribution is -2.03. The summed E-state index contributed by atoms with van der Waals surface area (Å²) in [5.74, 6) is 0.777. The molecule has 0 fully saturated rings. The zero-order valence-corrected chi connectivity index (χ0v) is 12.4. The summed E-state index contributed by atoms with van der Waals surface area (Å²) in [5, 5.41) is 0. The number of ether oxygens (including phenoxy) is 1. The quantitative estimate of drug-likeness (QED) is 0.578. The van der Waals surface area contributed by atoms with E-state index in [4.69, 9.17) is 16.2 Å². The molecular weight excluding hydrogens is 260 g/mol. The van der Waals surface area contributed by atoms with Crippen molar-refractivity contribution >= 4 is 5.69 Å². The molecule has 112 valence electrons. The van der Waals surface area contributed by atoms with Crippen molar-refractivity contribution in [3.05, 3.63) is 59.7 Å². The molecule has 0 amide bonds. The van der Waals surface area contributed by atoms with Gasteiger partial charge in [-0.2, -0.15) is 0 Å². The summed E-state index contributed by atoms with van der Waals surface area (Å²) in [4.78, 5) is 0. The van der Waals surface area contributed by atoms with E-state index in [1.165, 1.54) is 11.1 Å². The van der Waals surface area contributed by atoms with Gasteiger partial charge in [0.05, 0.1) is 12.3 Å². The van der Waals surface area contributed by atoms with Gasteiger partial charge in [-0.3, -0.25) is 0 Å². The van der Waals surface area contributed by atoms with Gasteiger partial charge in [-0.1, -0.05) is 36.4 Å². The Morgan fingerprint density at radius 3 is 2.33 bits per heavy atom. The number of nitrogen functional groups attached to an aromatic ring is 1. The van der Waals surface area contributed by atoms with Crippen LogP contribution in [-0.2, 0) is 12.8 Å². The number of nitrogens with two attached hydrogens (primary N) is 2. The van der Waals surface area contributed by atoms with Crippen LogP contribution in [0, 0.1) is 0 Å². The number of aryl methyl sites for hydroxylation is 2. The highest BCUT2D eigenvalue weighted by Crippen LogP contribution is 2.23. The highest BCUT2D eigenvalue weighted by molar-refractivity contribution is 5.54. The third-order valence-electron chi connectivity index (χ3n) is 3.45. The Balaban J connectivity index is 1.78. The van der Waals surface area contributed by atoms with Crippen LogP contribution in [0.25, 0.3) is 0 Å². The molecule has 2 aromatic rings. The SMILES string of the molecule is NCCCc1ccc(OCCCc2ccccc2)c(N)c1. The van der Waals surface area contributed by atoms with Crippen LogP contribution in [0.4, 0.5) is 5.69 Å². The molecule has 0 aliphatic carbocycles. The first-order valence-corrected chi connectivity index (χ1v) is 7.55. The fourth-order valence-corrected chi connectivity index (χ4v) is 2.29. The lowest BCUT2D eigenvalue weighted by Gasteiger charge is -2.10. The number of anilines is 1. The fourth-order valence-electron chi connectivity index (χ4n) is 2.29. The topological polar surface area (TPSA) is 61.3 Å². The van der Waals surface area contributed by atoms with Gasteiger partial charge >= 0.3 is 0 Å². The zero-order valence-electron chi connectivity index (χ0n) is 12.4. The van der Waals surface area contributed by atoms with Crippen LogP contribution in [0.5, 0.6) is 5.75 Å². The monoisotopic (exact) mass is 284 g/mol. The predicted molar refractivity (Wildman–Crippen MR) is 88.5 cm³/mol. The molecular formula is C18H24N2O. The molecule has 0 aliphatic rings. The van der Waals surface area contributed by atoms with Crippen LogP contribution in [0.15, 0.2) is 48.5 Å². The van der Waals surface area contributed by atoms with Gasteiger partial charge in [0.25, 0.3) is 0 Å². The maximum Gasteiger partial charge on any atom is 0.142 e.